The third kappa shape index (κ3) is 2.76. The van der Waals surface area contributed by atoms with Crippen LogP contribution >= 0.6 is 0 Å². The van der Waals surface area contributed by atoms with Gasteiger partial charge >= 0.3 is 11.8 Å². The number of H-pyrrole nitrogens is 1. The minimum Gasteiger partial charge on any atom is -0.458 e. The molecule has 0 aliphatic carbocycles. The number of para-hydroxylation sites is 1. The number of carbonyl (C=O) groups is 1. The summed E-state index contributed by atoms with van der Waals surface area (Å²) in [6, 6.07) is 9.07. The molecule has 10 heteroatoms. The first-order chi connectivity index (χ1) is 15.6. The molecule has 1 atom stereocenters. The Kier molecular flexibility index (Phi) is 4.00. The Morgan fingerprint density at radius 2 is 2.06 bits per heavy atom. The van der Waals surface area contributed by atoms with Gasteiger partial charge in [-0.25, -0.2) is 4.98 Å². The van der Waals surface area contributed by atoms with Gasteiger partial charge in [0.15, 0.2) is 0 Å². The molecular weight excluding hydrogens is 410 g/mol. The molecule has 0 spiro atoms. The summed E-state index contributed by atoms with van der Waals surface area (Å²) in [5.74, 6) is 0.404. The first-order valence-electron chi connectivity index (χ1n) is 10.2. The number of aromatic nitrogens is 6. The minimum atomic E-state index is -0.505. The van der Waals surface area contributed by atoms with Crippen molar-refractivity contribution in [1.82, 2.24) is 34.8 Å². The standard InChI is InChI=1S/C22H19N7O3/c1-12-13-5-3-4-6-16(13)31-19(12)18-17-14(23-11-24-17)8-10-29(18)22(30)21-26-25-20(32-21)15-7-9-28(2)27-15/h3-7,9,11,18H,8,10H2,1-2H3,(H,23,24)/t18-/m1/s1. The summed E-state index contributed by atoms with van der Waals surface area (Å²) in [5.41, 5.74) is 4.00. The van der Waals surface area contributed by atoms with Crippen LogP contribution in [0.15, 0.2) is 51.7 Å². The fraction of sp³-hybridized carbons (Fsp3) is 0.227. The normalized spacial score (nSPS) is 15.9. The van der Waals surface area contributed by atoms with E-state index in [1.165, 1.54) is 0 Å². The number of fused-ring (bicyclic) bond motifs is 2. The van der Waals surface area contributed by atoms with Crippen molar-refractivity contribution in [1.29, 1.82) is 0 Å². The average Bonchev–Trinajstić information content (AvgIpc) is 3.59. The Morgan fingerprint density at radius 3 is 2.88 bits per heavy atom. The first-order valence-corrected chi connectivity index (χ1v) is 10.2. The second-order valence-electron chi connectivity index (χ2n) is 7.79. The van der Waals surface area contributed by atoms with Crippen molar-refractivity contribution in [2.75, 3.05) is 6.54 Å². The molecule has 160 valence electrons. The second kappa shape index (κ2) is 6.91. The van der Waals surface area contributed by atoms with Crippen LogP contribution in [-0.4, -0.2) is 47.3 Å². The lowest BCUT2D eigenvalue weighted by atomic mass is 9.97. The fourth-order valence-corrected chi connectivity index (χ4v) is 4.28. The number of hydrogen-bond acceptors (Lipinski definition) is 7. The van der Waals surface area contributed by atoms with E-state index < -0.39 is 6.04 Å². The Balaban J connectivity index is 1.43. The van der Waals surface area contributed by atoms with Crippen molar-refractivity contribution in [2.45, 2.75) is 19.4 Å². The lowest BCUT2D eigenvalue weighted by Crippen LogP contribution is -2.41. The van der Waals surface area contributed by atoms with Crippen LogP contribution < -0.4 is 0 Å². The van der Waals surface area contributed by atoms with Gasteiger partial charge in [0.25, 0.3) is 5.89 Å². The summed E-state index contributed by atoms with van der Waals surface area (Å²) < 4.78 is 13.6. The zero-order valence-electron chi connectivity index (χ0n) is 17.4. The number of furan rings is 1. The van der Waals surface area contributed by atoms with Gasteiger partial charge < -0.3 is 18.7 Å². The summed E-state index contributed by atoms with van der Waals surface area (Å²) in [6.45, 7) is 2.45. The number of amides is 1. The molecule has 0 bridgehead atoms. The highest BCUT2D eigenvalue weighted by atomic mass is 16.4. The zero-order chi connectivity index (χ0) is 21.8. The van der Waals surface area contributed by atoms with E-state index in [1.807, 2.05) is 31.2 Å². The number of aryl methyl sites for hydroxylation is 2. The molecule has 4 aromatic heterocycles. The third-order valence-corrected chi connectivity index (χ3v) is 5.86. The average molecular weight is 429 g/mol. The van der Waals surface area contributed by atoms with Gasteiger partial charge in [0.2, 0.25) is 0 Å². The number of rotatable bonds is 3. The number of nitrogens with zero attached hydrogens (tertiary/aromatic N) is 6. The SMILES string of the molecule is Cc1c([C@H]2c3nc[nH]c3CCN2C(=O)c2nnc(-c3ccn(C)n3)o2)oc2ccccc12. The van der Waals surface area contributed by atoms with E-state index in [4.69, 9.17) is 8.83 Å². The van der Waals surface area contributed by atoms with Crippen LogP contribution in [0.25, 0.3) is 22.6 Å². The minimum absolute atomic E-state index is 0.0941. The van der Waals surface area contributed by atoms with Crippen LogP contribution in [0.2, 0.25) is 0 Å². The van der Waals surface area contributed by atoms with Crippen molar-refractivity contribution in [3.05, 3.63) is 71.5 Å². The van der Waals surface area contributed by atoms with Crippen molar-refractivity contribution in [2.24, 2.45) is 7.05 Å². The maximum absolute atomic E-state index is 13.5. The summed E-state index contributed by atoms with van der Waals surface area (Å²) in [4.78, 5) is 22.9. The summed E-state index contributed by atoms with van der Waals surface area (Å²) in [5, 5.41) is 13.3. The Hall–Kier alpha value is -4.21. The summed E-state index contributed by atoms with van der Waals surface area (Å²) in [6.07, 6.45) is 4.05. The van der Waals surface area contributed by atoms with Gasteiger partial charge in [-0.05, 0) is 19.1 Å². The van der Waals surface area contributed by atoms with Crippen LogP contribution in [-0.2, 0) is 13.5 Å². The lowest BCUT2D eigenvalue weighted by Gasteiger charge is -2.33. The third-order valence-electron chi connectivity index (χ3n) is 5.86. The first kappa shape index (κ1) is 18.6. The quantitative estimate of drug-likeness (QED) is 0.468. The number of nitrogens with one attached hydrogen (secondary N) is 1. The Labute approximate surface area is 181 Å². The molecule has 1 aromatic carbocycles. The van der Waals surface area contributed by atoms with E-state index in [9.17, 15) is 4.79 Å². The van der Waals surface area contributed by atoms with Crippen molar-refractivity contribution in [3.8, 4) is 11.6 Å². The van der Waals surface area contributed by atoms with Crippen molar-refractivity contribution < 1.29 is 13.6 Å². The molecule has 0 saturated heterocycles. The van der Waals surface area contributed by atoms with Crippen molar-refractivity contribution >= 4 is 16.9 Å². The molecule has 5 aromatic rings. The predicted molar refractivity (Wildman–Crippen MR) is 113 cm³/mol. The molecular formula is C22H19N7O3. The number of hydrogen-bond donors (Lipinski definition) is 1. The molecule has 0 unspecified atom stereocenters. The molecule has 1 amide bonds. The predicted octanol–water partition coefficient (Wildman–Crippen LogP) is 3.04. The van der Waals surface area contributed by atoms with Crippen LogP contribution in [0, 0.1) is 6.92 Å². The Morgan fingerprint density at radius 1 is 1.19 bits per heavy atom. The highest BCUT2D eigenvalue weighted by Crippen LogP contribution is 2.39. The highest BCUT2D eigenvalue weighted by Gasteiger charge is 2.39. The summed E-state index contributed by atoms with van der Waals surface area (Å²) >= 11 is 0. The number of aromatic amines is 1. The van der Waals surface area contributed by atoms with Crippen LogP contribution in [0.3, 0.4) is 0 Å². The molecule has 1 aliphatic rings. The molecule has 0 fully saturated rings. The van der Waals surface area contributed by atoms with Gasteiger partial charge in [0.1, 0.15) is 23.1 Å². The maximum atomic E-state index is 13.5. The topological polar surface area (TPSA) is 119 Å². The van der Waals surface area contributed by atoms with Crippen LogP contribution in [0.5, 0.6) is 0 Å². The number of imidazole rings is 1. The van der Waals surface area contributed by atoms with Gasteiger partial charge in [0, 0.05) is 42.9 Å². The second-order valence-corrected chi connectivity index (χ2v) is 7.79. The van der Waals surface area contributed by atoms with Crippen molar-refractivity contribution in [3.63, 3.8) is 0 Å². The van der Waals surface area contributed by atoms with E-state index in [1.54, 1.807) is 35.2 Å². The molecule has 5 heterocycles. The van der Waals surface area contributed by atoms with Crippen LogP contribution in [0.1, 0.15) is 39.4 Å². The molecule has 1 N–H and O–H groups in total. The van der Waals surface area contributed by atoms with E-state index in [-0.39, 0.29) is 17.7 Å². The molecule has 6 rings (SSSR count). The molecule has 0 radical (unpaired) electrons. The number of carbonyl (C=O) groups excluding carboxylic acids is 1. The Bertz CT molecular complexity index is 1460. The number of benzene rings is 1. The van der Waals surface area contributed by atoms with Crippen LogP contribution in [0.4, 0.5) is 0 Å². The molecule has 10 nitrogen and oxygen atoms in total. The van der Waals surface area contributed by atoms with E-state index in [2.05, 4.69) is 25.3 Å². The lowest BCUT2D eigenvalue weighted by molar-refractivity contribution is 0.0632. The van der Waals surface area contributed by atoms with Gasteiger partial charge in [-0.2, -0.15) is 5.10 Å². The van der Waals surface area contributed by atoms with Gasteiger partial charge in [-0.15, -0.1) is 10.2 Å². The van der Waals surface area contributed by atoms with E-state index in [0.717, 1.165) is 27.9 Å². The van der Waals surface area contributed by atoms with E-state index >= 15 is 0 Å². The monoisotopic (exact) mass is 429 g/mol. The van der Waals surface area contributed by atoms with Gasteiger partial charge in [0.05, 0.1) is 12.0 Å². The fourth-order valence-electron chi connectivity index (χ4n) is 4.28. The van der Waals surface area contributed by atoms with Gasteiger partial charge in [-0.3, -0.25) is 9.48 Å². The molecule has 1 aliphatic heterocycles. The largest absolute Gasteiger partial charge is 0.458 e. The molecule has 32 heavy (non-hydrogen) atoms. The maximum Gasteiger partial charge on any atom is 0.312 e. The molecule has 0 saturated carbocycles. The smallest absolute Gasteiger partial charge is 0.312 e. The summed E-state index contributed by atoms with van der Waals surface area (Å²) in [7, 11) is 1.79. The highest BCUT2D eigenvalue weighted by molar-refractivity contribution is 5.91. The van der Waals surface area contributed by atoms with E-state index in [0.29, 0.717) is 24.4 Å². The zero-order valence-corrected chi connectivity index (χ0v) is 17.4. The van der Waals surface area contributed by atoms with Gasteiger partial charge in [-0.1, -0.05) is 18.2 Å².